The van der Waals surface area contributed by atoms with Crippen LogP contribution in [-0.2, 0) is 4.74 Å². The number of amides is 1. The molecule has 0 aliphatic carbocycles. The standard InChI is InChI=1S/C13H22F3NO3/c1-11(2,3)20-10(18)17-8-6-12(19,7-9-17)4-5-13(14,15)16/h19H,4-9H2,1-3H3. The van der Waals surface area contributed by atoms with E-state index in [1.165, 1.54) is 4.90 Å². The van der Waals surface area contributed by atoms with Crippen molar-refractivity contribution in [2.24, 2.45) is 0 Å². The molecule has 0 saturated carbocycles. The maximum Gasteiger partial charge on any atom is 0.410 e. The van der Waals surface area contributed by atoms with Crippen molar-refractivity contribution in [3.63, 3.8) is 0 Å². The van der Waals surface area contributed by atoms with Crippen molar-refractivity contribution in [2.75, 3.05) is 13.1 Å². The van der Waals surface area contributed by atoms with Gasteiger partial charge in [-0.15, -0.1) is 0 Å². The third kappa shape index (κ3) is 5.98. The van der Waals surface area contributed by atoms with Crippen LogP contribution in [0.4, 0.5) is 18.0 Å². The topological polar surface area (TPSA) is 49.8 Å². The molecule has 20 heavy (non-hydrogen) atoms. The van der Waals surface area contributed by atoms with Gasteiger partial charge in [0.1, 0.15) is 5.60 Å². The zero-order valence-corrected chi connectivity index (χ0v) is 12.1. The van der Waals surface area contributed by atoms with Gasteiger partial charge in [-0.05, 0) is 40.0 Å². The van der Waals surface area contributed by atoms with Crippen molar-refractivity contribution in [1.82, 2.24) is 4.90 Å². The van der Waals surface area contributed by atoms with Crippen molar-refractivity contribution in [3.8, 4) is 0 Å². The molecule has 7 heteroatoms. The second-order valence-corrected chi connectivity index (χ2v) is 6.31. The summed E-state index contributed by atoms with van der Waals surface area (Å²) in [6.07, 6.45) is -5.80. The van der Waals surface area contributed by atoms with Crippen LogP contribution in [0.25, 0.3) is 0 Å². The van der Waals surface area contributed by atoms with Gasteiger partial charge in [0, 0.05) is 19.5 Å². The SMILES string of the molecule is CC(C)(C)OC(=O)N1CCC(O)(CCC(F)(F)F)CC1. The van der Waals surface area contributed by atoms with E-state index >= 15 is 0 Å². The highest BCUT2D eigenvalue weighted by Gasteiger charge is 2.38. The predicted octanol–water partition coefficient (Wildman–Crippen LogP) is 3.09. The maximum absolute atomic E-state index is 12.2. The molecule has 0 aromatic carbocycles. The van der Waals surface area contributed by atoms with Crippen molar-refractivity contribution in [3.05, 3.63) is 0 Å². The second-order valence-electron chi connectivity index (χ2n) is 6.31. The fourth-order valence-electron chi connectivity index (χ4n) is 2.06. The number of nitrogens with zero attached hydrogens (tertiary/aromatic N) is 1. The lowest BCUT2D eigenvalue weighted by atomic mass is 9.87. The number of halogens is 3. The van der Waals surface area contributed by atoms with Crippen molar-refractivity contribution in [1.29, 1.82) is 0 Å². The van der Waals surface area contributed by atoms with Crippen LogP contribution in [0.15, 0.2) is 0 Å². The summed E-state index contributed by atoms with van der Waals surface area (Å²) in [7, 11) is 0. The lowest BCUT2D eigenvalue weighted by molar-refractivity contribution is -0.150. The van der Waals surface area contributed by atoms with Gasteiger partial charge >= 0.3 is 12.3 Å². The Morgan fingerprint density at radius 2 is 1.75 bits per heavy atom. The summed E-state index contributed by atoms with van der Waals surface area (Å²) in [6.45, 7) is 5.66. The number of hydrogen-bond acceptors (Lipinski definition) is 3. The highest BCUT2D eigenvalue weighted by Crippen LogP contribution is 2.32. The molecule has 118 valence electrons. The molecule has 1 aliphatic heterocycles. The van der Waals surface area contributed by atoms with Crippen LogP contribution >= 0.6 is 0 Å². The molecule has 1 amide bonds. The van der Waals surface area contributed by atoms with E-state index in [2.05, 4.69) is 0 Å². The Balaban J connectivity index is 2.44. The van der Waals surface area contributed by atoms with Gasteiger partial charge in [0.15, 0.2) is 0 Å². The van der Waals surface area contributed by atoms with E-state index in [9.17, 15) is 23.1 Å². The highest BCUT2D eigenvalue weighted by molar-refractivity contribution is 5.68. The summed E-state index contributed by atoms with van der Waals surface area (Å²) in [4.78, 5) is 13.2. The minimum atomic E-state index is -4.27. The third-order valence-corrected chi connectivity index (χ3v) is 3.22. The third-order valence-electron chi connectivity index (χ3n) is 3.22. The lowest BCUT2D eigenvalue weighted by Gasteiger charge is -2.38. The van der Waals surface area contributed by atoms with E-state index in [0.29, 0.717) is 0 Å². The van der Waals surface area contributed by atoms with Crippen LogP contribution < -0.4 is 0 Å². The number of hydrogen-bond donors (Lipinski definition) is 1. The summed E-state index contributed by atoms with van der Waals surface area (Å²) < 4.78 is 41.7. The van der Waals surface area contributed by atoms with E-state index in [1.807, 2.05) is 0 Å². The normalized spacial score (nSPS) is 19.9. The molecule has 0 aromatic rings. The largest absolute Gasteiger partial charge is 0.444 e. The number of ether oxygens (including phenoxy) is 1. The van der Waals surface area contributed by atoms with E-state index in [1.54, 1.807) is 20.8 Å². The van der Waals surface area contributed by atoms with Gasteiger partial charge in [-0.25, -0.2) is 4.79 Å². The van der Waals surface area contributed by atoms with Gasteiger partial charge in [0.2, 0.25) is 0 Å². The molecule has 4 nitrogen and oxygen atoms in total. The first-order valence-corrected chi connectivity index (χ1v) is 6.67. The van der Waals surface area contributed by atoms with Crippen LogP contribution in [0.5, 0.6) is 0 Å². The first-order chi connectivity index (χ1) is 8.90. The molecule has 1 rings (SSSR count). The fraction of sp³-hybridized carbons (Fsp3) is 0.923. The first-order valence-electron chi connectivity index (χ1n) is 6.67. The van der Waals surface area contributed by atoms with Gasteiger partial charge in [-0.1, -0.05) is 0 Å². The van der Waals surface area contributed by atoms with Crippen LogP contribution in [0, 0.1) is 0 Å². The maximum atomic E-state index is 12.2. The Hall–Kier alpha value is -0.980. The number of aliphatic hydroxyl groups is 1. The van der Waals surface area contributed by atoms with Gasteiger partial charge in [-0.3, -0.25) is 0 Å². The zero-order valence-electron chi connectivity index (χ0n) is 12.1. The van der Waals surface area contributed by atoms with Crippen LogP contribution in [0.1, 0.15) is 46.5 Å². The second kappa shape index (κ2) is 5.79. The highest BCUT2D eigenvalue weighted by atomic mass is 19.4. The Morgan fingerprint density at radius 3 is 2.15 bits per heavy atom. The average Bonchev–Trinajstić information content (AvgIpc) is 2.24. The van der Waals surface area contributed by atoms with Crippen LogP contribution in [0.3, 0.4) is 0 Å². The summed E-state index contributed by atoms with van der Waals surface area (Å²) in [5.74, 6) is 0. The van der Waals surface area contributed by atoms with Gasteiger partial charge in [-0.2, -0.15) is 13.2 Å². The summed E-state index contributed by atoms with van der Waals surface area (Å²) >= 11 is 0. The molecule has 1 heterocycles. The van der Waals surface area contributed by atoms with Crippen molar-refractivity contribution < 1.29 is 27.8 Å². The quantitative estimate of drug-likeness (QED) is 0.852. The molecule has 0 atom stereocenters. The smallest absolute Gasteiger partial charge is 0.410 e. The molecule has 0 unspecified atom stereocenters. The minimum absolute atomic E-state index is 0.141. The molecule has 1 fully saturated rings. The number of alkyl halides is 3. The molecular formula is C13H22F3NO3. The Kier molecular flexibility index (Phi) is 4.94. The number of carbonyl (C=O) groups excluding carboxylic acids is 1. The van der Waals surface area contributed by atoms with Crippen LogP contribution in [0.2, 0.25) is 0 Å². The lowest BCUT2D eigenvalue weighted by Crippen LogP contribution is -2.48. The molecule has 0 aromatic heterocycles. The Labute approximate surface area is 116 Å². The average molecular weight is 297 g/mol. The van der Waals surface area contributed by atoms with E-state index in [0.717, 1.165) is 0 Å². The number of rotatable bonds is 2. The molecule has 0 bridgehead atoms. The van der Waals surface area contributed by atoms with Crippen molar-refractivity contribution in [2.45, 2.75) is 63.8 Å². The monoisotopic (exact) mass is 297 g/mol. The Morgan fingerprint density at radius 1 is 1.25 bits per heavy atom. The minimum Gasteiger partial charge on any atom is -0.444 e. The first kappa shape index (κ1) is 17.1. The summed E-state index contributed by atoms with van der Waals surface area (Å²) in [5, 5.41) is 10.1. The van der Waals surface area contributed by atoms with E-state index in [-0.39, 0.29) is 32.4 Å². The molecule has 1 N–H and O–H groups in total. The van der Waals surface area contributed by atoms with Gasteiger partial charge in [0.25, 0.3) is 0 Å². The summed E-state index contributed by atoms with van der Waals surface area (Å²) in [6, 6.07) is 0. The number of carbonyl (C=O) groups is 1. The van der Waals surface area contributed by atoms with E-state index < -0.39 is 29.9 Å². The van der Waals surface area contributed by atoms with Gasteiger partial charge < -0.3 is 14.7 Å². The van der Waals surface area contributed by atoms with Crippen LogP contribution in [-0.4, -0.2) is 46.6 Å². The molecule has 0 radical (unpaired) electrons. The summed E-state index contributed by atoms with van der Waals surface area (Å²) in [5.41, 5.74) is -1.95. The predicted molar refractivity (Wildman–Crippen MR) is 67.3 cm³/mol. The van der Waals surface area contributed by atoms with Gasteiger partial charge in [0.05, 0.1) is 5.60 Å². The van der Waals surface area contributed by atoms with Crippen molar-refractivity contribution >= 4 is 6.09 Å². The molecule has 0 spiro atoms. The fourth-order valence-corrected chi connectivity index (χ4v) is 2.06. The molecule has 1 saturated heterocycles. The Bertz CT molecular complexity index is 342. The molecular weight excluding hydrogens is 275 g/mol. The zero-order chi connectivity index (χ0) is 15.6. The van der Waals surface area contributed by atoms with E-state index in [4.69, 9.17) is 4.74 Å². The molecule has 1 aliphatic rings. The number of likely N-dealkylation sites (tertiary alicyclic amines) is 1. The number of piperidine rings is 1.